The Morgan fingerprint density at radius 2 is 1.28 bits per heavy atom. The number of aryl methyl sites for hydroxylation is 1. The van der Waals surface area contributed by atoms with Gasteiger partial charge in [-0.05, 0) is 0 Å². The van der Waals surface area contributed by atoms with Gasteiger partial charge in [-0.15, -0.1) is 0 Å². The van der Waals surface area contributed by atoms with Crippen LogP contribution in [0.1, 0.15) is 71.2 Å². The van der Waals surface area contributed by atoms with Gasteiger partial charge in [0, 0.05) is 0 Å². The van der Waals surface area contributed by atoms with E-state index in [-0.39, 0.29) is 30.7 Å². The maximum atomic E-state index is 2.53. The average molecular weight is 676 g/mol. The normalized spacial score (nSPS) is 14.2. The monoisotopic (exact) mass is 673 g/mol. The summed E-state index contributed by atoms with van der Waals surface area (Å²) in [4.78, 5) is 0. The summed E-state index contributed by atoms with van der Waals surface area (Å²) in [6, 6.07) is 40.7. The molecule has 211 valence electrons. The van der Waals surface area contributed by atoms with E-state index in [9.17, 15) is 0 Å². The summed E-state index contributed by atoms with van der Waals surface area (Å²) in [5, 5.41) is 2.85. The van der Waals surface area contributed by atoms with Gasteiger partial charge in [-0.25, -0.2) is 0 Å². The molecule has 2 aliphatic rings. The third-order valence-corrected chi connectivity index (χ3v) is 10.3. The molecule has 0 saturated carbocycles. The van der Waals surface area contributed by atoms with Crippen molar-refractivity contribution in [3.8, 4) is 11.1 Å². The van der Waals surface area contributed by atoms with Gasteiger partial charge in [-0.1, -0.05) is 0 Å². The average Bonchev–Trinajstić information content (AvgIpc) is 3.50. The smallest absolute Gasteiger partial charge is 1.00 e. The minimum absolute atomic E-state index is 0. The Morgan fingerprint density at radius 3 is 1.91 bits per heavy atom. The summed E-state index contributed by atoms with van der Waals surface area (Å²) in [5.74, 6) is 0.248. The molecule has 0 heterocycles. The molecule has 2 aliphatic carbocycles. The van der Waals surface area contributed by atoms with E-state index in [2.05, 4.69) is 136 Å². The van der Waals surface area contributed by atoms with Crippen LogP contribution in [0.25, 0.3) is 25.6 Å². The largest absolute Gasteiger partial charge is 1.00 e. The summed E-state index contributed by atoms with van der Waals surface area (Å²) in [5.41, 5.74) is 16.7. The second-order valence-corrected chi connectivity index (χ2v) is 12.5. The van der Waals surface area contributed by atoms with Crippen LogP contribution in [0.5, 0.6) is 0 Å². The maximum Gasteiger partial charge on any atom is -1.00 e. The van der Waals surface area contributed by atoms with Crippen molar-refractivity contribution >= 4 is 14.4 Å². The zero-order valence-electron chi connectivity index (χ0n) is 24.7. The van der Waals surface area contributed by atoms with Gasteiger partial charge in [0.05, 0.1) is 0 Å². The number of halogens is 2. The van der Waals surface area contributed by atoms with Crippen molar-refractivity contribution < 1.29 is 49.5 Å². The maximum absolute atomic E-state index is 2.53. The Hall–Kier alpha value is -2.96. The van der Waals surface area contributed by atoms with E-state index in [4.69, 9.17) is 0 Å². The van der Waals surface area contributed by atoms with Gasteiger partial charge >= 0.3 is 260 Å². The molecule has 1 unspecified atom stereocenters. The molecule has 43 heavy (non-hydrogen) atoms. The van der Waals surface area contributed by atoms with E-state index in [0.29, 0.717) is 0 Å². The molecule has 0 aliphatic heterocycles. The first-order chi connectivity index (χ1) is 20.1. The molecule has 0 bridgehead atoms. The topological polar surface area (TPSA) is 0 Å². The predicted molar refractivity (Wildman–Crippen MR) is 169 cm³/mol. The van der Waals surface area contributed by atoms with Crippen LogP contribution in [0.15, 0.2) is 115 Å². The van der Waals surface area contributed by atoms with Crippen LogP contribution in [-0.2, 0) is 37.6 Å². The van der Waals surface area contributed by atoms with Gasteiger partial charge in [-0.3, -0.25) is 0 Å². The summed E-state index contributed by atoms with van der Waals surface area (Å²) < 4.78 is 1.50. The second-order valence-electron chi connectivity index (χ2n) is 11.2. The van der Waals surface area contributed by atoms with Crippen LogP contribution in [0.3, 0.4) is 0 Å². The van der Waals surface area contributed by atoms with Crippen molar-refractivity contribution in [2.24, 2.45) is 0 Å². The molecule has 7 rings (SSSR count). The first kappa shape index (κ1) is 31.5. The molecule has 0 N–H and O–H groups in total. The Balaban J connectivity index is 0.00000184. The SMILES string of the molecule is CCc1ccc2c(c1)[C]([Zr+2])=c1c-2cc(=C(c2ccccc2)c2ccccc2)c(CC)c1C1C=C(C)c2ccccc21.[Cl-].[Cl-]. The number of hydrogen-bond donors (Lipinski definition) is 0. The summed E-state index contributed by atoms with van der Waals surface area (Å²) >= 11 is 1.48. The minimum Gasteiger partial charge on any atom is -1.00 e. The third-order valence-electron chi connectivity index (χ3n) is 8.98. The van der Waals surface area contributed by atoms with E-state index in [0.717, 1.165) is 12.8 Å². The van der Waals surface area contributed by atoms with E-state index in [1.54, 1.807) is 0 Å². The fraction of sp³-hybridized carbons (Fsp3) is 0.150. The van der Waals surface area contributed by atoms with Gasteiger partial charge in [-0.2, -0.15) is 0 Å². The fourth-order valence-electron chi connectivity index (χ4n) is 7.04. The zero-order valence-corrected chi connectivity index (χ0v) is 28.7. The minimum atomic E-state index is 0. The van der Waals surface area contributed by atoms with Crippen LogP contribution in [0.2, 0.25) is 0 Å². The number of benzene rings is 5. The van der Waals surface area contributed by atoms with Crippen LogP contribution in [-0.4, -0.2) is 0 Å². The first-order valence-electron chi connectivity index (χ1n) is 14.8. The van der Waals surface area contributed by atoms with E-state index >= 15 is 0 Å². The van der Waals surface area contributed by atoms with Crippen LogP contribution in [0.4, 0.5) is 0 Å². The molecule has 0 fully saturated rings. The fourth-order valence-corrected chi connectivity index (χ4v) is 8.21. The van der Waals surface area contributed by atoms with Gasteiger partial charge in [0.1, 0.15) is 0 Å². The molecule has 0 nitrogen and oxygen atoms in total. The number of rotatable bonds is 5. The predicted octanol–water partition coefficient (Wildman–Crippen LogP) is 2.30. The molecule has 0 amide bonds. The molecule has 3 heteroatoms. The van der Waals surface area contributed by atoms with Crippen LogP contribution >= 0.6 is 0 Å². The van der Waals surface area contributed by atoms with Crippen molar-refractivity contribution in [1.29, 1.82) is 0 Å². The van der Waals surface area contributed by atoms with Crippen LogP contribution in [0, 0.1) is 0 Å². The molecule has 0 aromatic heterocycles. The van der Waals surface area contributed by atoms with Gasteiger partial charge < -0.3 is 24.8 Å². The molecule has 1 atom stereocenters. The number of allylic oxidation sites excluding steroid dienone is 2. The third kappa shape index (κ3) is 5.25. The van der Waals surface area contributed by atoms with Gasteiger partial charge in [0.2, 0.25) is 0 Å². The van der Waals surface area contributed by atoms with E-state index in [1.807, 2.05) is 0 Å². The second kappa shape index (κ2) is 13.0. The zero-order chi connectivity index (χ0) is 28.1. The number of fused-ring (bicyclic) bond motifs is 4. The summed E-state index contributed by atoms with van der Waals surface area (Å²) in [7, 11) is 0. The molecule has 0 saturated heterocycles. The molecular formula is C40H33Cl2Zr. The van der Waals surface area contributed by atoms with E-state index in [1.165, 1.54) is 105 Å². The van der Waals surface area contributed by atoms with Crippen LogP contribution < -0.4 is 35.3 Å². The van der Waals surface area contributed by atoms with Crippen molar-refractivity contribution in [3.63, 3.8) is 0 Å². The quantitative estimate of drug-likeness (QED) is 0.269. The first-order valence-corrected chi connectivity index (χ1v) is 16.0. The van der Waals surface area contributed by atoms with Gasteiger partial charge in [0.15, 0.2) is 0 Å². The van der Waals surface area contributed by atoms with Crippen molar-refractivity contribution in [3.05, 3.63) is 170 Å². The Labute approximate surface area is 283 Å². The van der Waals surface area contributed by atoms with Crippen molar-refractivity contribution in [1.82, 2.24) is 0 Å². The number of hydrogen-bond acceptors (Lipinski definition) is 0. The Morgan fingerprint density at radius 1 is 0.651 bits per heavy atom. The summed E-state index contributed by atoms with van der Waals surface area (Å²) in [6.07, 6.45) is 4.56. The Kier molecular flexibility index (Phi) is 9.48. The van der Waals surface area contributed by atoms with Gasteiger partial charge in [0.25, 0.3) is 0 Å². The standard InChI is InChI=1S/C40H33.2ClH.Zr/c1-4-27-20-21-33-30(23-27)24-37-35(33)25-38(39(28-14-8-6-9-15-28)29-16-10-7-11-17-29)31(5-2)40(37)36-22-26(3)32-18-12-13-19-34(32)36;;;/h6-23,25,36H,4-5H2,1-3H3;2*1H;/q;;;+2/p-2. The molecule has 5 aromatic rings. The molecule has 0 radical (unpaired) electrons. The molecule has 5 aromatic carbocycles. The van der Waals surface area contributed by atoms with E-state index < -0.39 is 0 Å². The van der Waals surface area contributed by atoms with Crippen molar-refractivity contribution in [2.75, 3.05) is 0 Å². The molecular weight excluding hydrogens is 643 g/mol. The summed E-state index contributed by atoms with van der Waals surface area (Å²) in [6.45, 7) is 6.89. The molecule has 0 spiro atoms. The Bertz CT molecular complexity index is 1930. The van der Waals surface area contributed by atoms with Crippen molar-refractivity contribution in [2.45, 2.75) is 39.5 Å².